The molecule has 0 spiro atoms. The van der Waals surface area contributed by atoms with E-state index in [1.807, 2.05) is 53.0 Å². The van der Waals surface area contributed by atoms with E-state index < -0.39 is 0 Å². The van der Waals surface area contributed by atoms with E-state index >= 15 is 0 Å². The lowest BCUT2D eigenvalue weighted by Crippen LogP contribution is -2.36. The second-order valence-corrected chi connectivity index (χ2v) is 7.25. The number of nitrogens with one attached hydrogen (secondary N) is 1. The highest BCUT2D eigenvalue weighted by atomic mass is 35.5. The standard InChI is InChI=1S/C20H22ClN5O2/c1-25-10-8-22-19(25)18-16(14-4-6-15(21)7-5-14)13-26(24-18)11-9-23-20(27)17-3-2-12-28-17/h4-8,10,13,17H,2-3,9,11-12H2,1H3,(H,23,27)/t17-/m1/s1. The zero-order valence-electron chi connectivity index (χ0n) is 15.6. The number of imidazole rings is 1. The van der Waals surface area contributed by atoms with Crippen molar-refractivity contribution >= 4 is 17.5 Å². The molecule has 1 saturated heterocycles. The van der Waals surface area contributed by atoms with Crippen LogP contribution in [0.2, 0.25) is 5.02 Å². The molecule has 0 saturated carbocycles. The number of nitrogens with zero attached hydrogens (tertiary/aromatic N) is 4. The highest BCUT2D eigenvalue weighted by molar-refractivity contribution is 6.30. The van der Waals surface area contributed by atoms with Crippen LogP contribution in [0, 0.1) is 0 Å². The average molecular weight is 400 g/mol. The zero-order chi connectivity index (χ0) is 19.5. The van der Waals surface area contributed by atoms with Gasteiger partial charge in [0.2, 0.25) is 5.91 Å². The van der Waals surface area contributed by atoms with Crippen molar-refractivity contribution in [1.82, 2.24) is 24.6 Å². The molecule has 0 unspecified atom stereocenters. The first-order chi connectivity index (χ1) is 13.6. The SMILES string of the molecule is Cn1ccnc1-c1nn(CCNC(=O)[C@H]2CCCO2)cc1-c1ccc(Cl)cc1. The predicted molar refractivity (Wildman–Crippen MR) is 107 cm³/mol. The van der Waals surface area contributed by atoms with Crippen molar-refractivity contribution in [1.29, 1.82) is 0 Å². The molecule has 146 valence electrons. The smallest absolute Gasteiger partial charge is 0.249 e. The Hall–Kier alpha value is -2.64. The number of amides is 1. The third-order valence-electron chi connectivity index (χ3n) is 4.81. The number of aryl methyl sites for hydroxylation is 1. The Morgan fingerprint density at radius 3 is 2.86 bits per heavy atom. The lowest BCUT2D eigenvalue weighted by molar-refractivity contribution is -0.130. The molecule has 1 atom stereocenters. The van der Waals surface area contributed by atoms with Gasteiger partial charge in [0, 0.05) is 49.4 Å². The summed E-state index contributed by atoms with van der Waals surface area (Å²) < 4.78 is 9.19. The number of ether oxygens (including phenoxy) is 1. The Kier molecular flexibility index (Phi) is 5.45. The van der Waals surface area contributed by atoms with Gasteiger partial charge in [0.25, 0.3) is 0 Å². The van der Waals surface area contributed by atoms with Crippen LogP contribution in [0.5, 0.6) is 0 Å². The number of hydrogen-bond donors (Lipinski definition) is 1. The van der Waals surface area contributed by atoms with Gasteiger partial charge >= 0.3 is 0 Å². The van der Waals surface area contributed by atoms with Gasteiger partial charge < -0.3 is 14.6 Å². The second-order valence-electron chi connectivity index (χ2n) is 6.82. The van der Waals surface area contributed by atoms with Crippen LogP contribution < -0.4 is 5.32 Å². The first kappa shape index (κ1) is 18.7. The van der Waals surface area contributed by atoms with E-state index in [0.29, 0.717) is 24.7 Å². The molecule has 1 aliphatic rings. The van der Waals surface area contributed by atoms with E-state index in [9.17, 15) is 4.79 Å². The van der Waals surface area contributed by atoms with Crippen molar-refractivity contribution in [3.8, 4) is 22.6 Å². The molecule has 4 rings (SSSR count). The number of aromatic nitrogens is 4. The average Bonchev–Trinajstić information content (AvgIpc) is 3.43. The fraction of sp³-hybridized carbons (Fsp3) is 0.350. The van der Waals surface area contributed by atoms with Crippen molar-refractivity contribution < 1.29 is 9.53 Å². The molecule has 8 heteroatoms. The van der Waals surface area contributed by atoms with Crippen molar-refractivity contribution in [2.24, 2.45) is 7.05 Å². The molecule has 1 fully saturated rings. The van der Waals surface area contributed by atoms with Crippen LogP contribution in [0.4, 0.5) is 0 Å². The first-order valence-corrected chi connectivity index (χ1v) is 9.70. The van der Waals surface area contributed by atoms with Crippen LogP contribution in [0.15, 0.2) is 42.9 Å². The van der Waals surface area contributed by atoms with Crippen molar-refractivity contribution in [2.45, 2.75) is 25.5 Å². The maximum Gasteiger partial charge on any atom is 0.249 e. The first-order valence-electron chi connectivity index (χ1n) is 9.32. The monoisotopic (exact) mass is 399 g/mol. The summed E-state index contributed by atoms with van der Waals surface area (Å²) >= 11 is 6.03. The number of hydrogen-bond acceptors (Lipinski definition) is 4. The topological polar surface area (TPSA) is 74.0 Å². The van der Waals surface area contributed by atoms with Crippen molar-refractivity contribution in [3.05, 3.63) is 47.9 Å². The van der Waals surface area contributed by atoms with Gasteiger partial charge in [-0.2, -0.15) is 5.10 Å². The Balaban J connectivity index is 1.54. The molecule has 1 aliphatic heterocycles. The molecule has 1 aromatic carbocycles. The van der Waals surface area contributed by atoms with E-state index in [-0.39, 0.29) is 12.0 Å². The van der Waals surface area contributed by atoms with Crippen LogP contribution in [0.25, 0.3) is 22.6 Å². The Morgan fingerprint density at radius 2 is 2.18 bits per heavy atom. The lowest BCUT2D eigenvalue weighted by Gasteiger charge is -2.10. The summed E-state index contributed by atoms with van der Waals surface area (Å²) in [6.45, 7) is 1.71. The van der Waals surface area contributed by atoms with E-state index in [0.717, 1.165) is 35.5 Å². The van der Waals surface area contributed by atoms with Crippen LogP contribution in [-0.4, -0.2) is 44.5 Å². The molecule has 1 N–H and O–H groups in total. The molecule has 1 amide bonds. The van der Waals surface area contributed by atoms with Gasteiger partial charge in [-0.3, -0.25) is 9.48 Å². The van der Waals surface area contributed by atoms with Crippen molar-refractivity contribution in [3.63, 3.8) is 0 Å². The van der Waals surface area contributed by atoms with Gasteiger partial charge in [-0.05, 0) is 30.5 Å². The van der Waals surface area contributed by atoms with Gasteiger partial charge in [0.1, 0.15) is 11.8 Å². The number of halogens is 1. The molecule has 0 radical (unpaired) electrons. The minimum Gasteiger partial charge on any atom is -0.368 e. The minimum atomic E-state index is -0.314. The number of rotatable bonds is 6. The fourth-order valence-corrected chi connectivity index (χ4v) is 3.45. The molecular formula is C20H22ClN5O2. The molecular weight excluding hydrogens is 378 g/mol. The van der Waals surface area contributed by atoms with Gasteiger partial charge in [0.05, 0.1) is 6.54 Å². The van der Waals surface area contributed by atoms with E-state index in [4.69, 9.17) is 21.4 Å². The molecule has 28 heavy (non-hydrogen) atoms. The maximum absolute atomic E-state index is 12.1. The summed E-state index contributed by atoms with van der Waals surface area (Å²) in [5.41, 5.74) is 2.77. The zero-order valence-corrected chi connectivity index (χ0v) is 16.4. The van der Waals surface area contributed by atoms with Crippen molar-refractivity contribution in [2.75, 3.05) is 13.2 Å². The van der Waals surface area contributed by atoms with Gasteiger partial charge in [-0.15, -0.1) is 0 Å². The number of carbonyl (C=O) groups is 1. The highest BCUT2D eigenvalue weighted by Crippen LogP contribution is 2.30. The number of benzene rings is 1. The molecule has 0 aliphatic carbocycles. The maximum atomic E-state index is 12.1. The van der Waals surface area contributed by atoms with E-state index in [1.165, 1.54) is 0 Å². The third kappa shape index (κ3) is 3.95. The summed E-state index contributed by atoms with van der Waals surface area (Å²) in [5, 5.41) is 8.34. The second kappa shape index (κ2) is 8.16. The molecule has 7 nitrogen and oxygen atoms in total. The summed E-state index contributed by atoms with van der Waals surface area (Å²) in [7, 11) is 1.94. The predicted octanol–water partition coefficient (Wildman–Crippen LogP) is 2.90. The van der Waals surface area contributed by atoms with Crippen LogP contribution in [0.1, 0.15) is 12.8 Å². The normalized spacial score (nSPS) is 16.4. The molecule has 3 heterocycles. The minimum absolute atomic E-state index is 0.0492. The largest absolute Gasteiger partial charge is 0.368 e. The van der Waals surface area contributed by atoms with Gasteiger partial charge in [-0.25, -0.2) is 4.98 Å². The van der Waals surface area contributed by atoms with Gasteiger partial charge in [0.15, 0.2) is 5.82 Å². The fourth-order valence-electron chi connectivity index (χ4n) is 3.33. The van der Waals surface area contributed by atoms with Crippen LogP contribution in [-0.2, 0) is 23.1 Å². The van der Waals surface area contributed by atoms with Crippen LogP contribution in [0.3, 0.4) is 0 Å². The quantitative estimate of drug-likeness (QED) is 0.691. The van der Waals surface area contributed by atoms with E-state index in [1.54, 1.807) is 6.20 Å². The summed E-state index contributed by atoms with van der Waals surface area (Å²) in [4.78, 5) is 16.5. The lowest BCUT2D eigenvalue weighted by atomic mass is 10.1. The molecule has 3 aromatic rings. The summed E-state index contributed by atoms with van der Waals surface area (Å²) in [6, 6.07) is 7.65. The Morgan fingerprint density at radius 1 is 1.36 bits per heavy atom. The summed E-state index contributed by atoms with van der Waals surface area (Å²) in [6.07, 6.45) is 7.03. The molecule has 2 aromatic heterocycles. The van der Waals surface area contributed by atoms with Gasteiger partial charge in [-0.1, -0.05) is 23.7 Å². The third-order valence-corrected chi connectivity index (χ3v) is 5.06. The molecule has 0 bridgehead atoms. The Labute approximate surface area is 168 Å². The summed E-state index contributed by atoms with van der Waals surface area (Å²) in [5.74, 6) is 0.735. The van der Waals surface area contributed by atoms with E-state index in [2.05, 4.69) is 10.3 Å². The number of carbonyl (C=O) groups excluding carboxylic acids is 1. The van der Waals surface area contributed by atoms with Crippen LogP contribution >= 0.6 is 11.6 Å². The Bertz CT molecular complexity index is 957. The highest BCUT2D eigenvalue weighted by Gasteiger charge is 2.23.